The molecule has 6 nitrogen and oxygen atoms in total. The molecule has 6 heteroatoms. The topological polar surface area (TPSA) is 69.0 Å². The summed E-state index contributed by atoms with van der Waals surface area (Å²) in [6, 6.07) is 7.86. The maximum Gasteiger partial charge on any atom is 0.251 e. The molecule has 0 radical (unpaired) electrons. The molecule has 2 aliphatic rings. The van der Waals surface area contributed by atoms with Crippen molar-refractivity contribution >= 4 is 5.91 Å². The highest BCUT2D eigenvalue weighted by Crippen LogP contribution is 2.27. The van der Waals surface area contributed by atoms with Crippen LogP contribution in [0.5, 0.6) is 0 Å². The number of carbonyl (C=O) groups is 1. The fourth-order valence-corrected chi connectivity index (χ4v) is 3.66. The Hall–Kier alpha value is -2.21. The molecule has 1 N–H and O–H groups in total. The summed E-state index contributed by atoms with van der Waals surface area (Å²) < 4.78 is 7.41. The van der Waals surface area contributed by atoms with Gasteiger partial charge in [0, 0.05) is 31.1 Å². The van der Waals surface area contributed by atoms with E-state index in [0.29, 0.717) is 11.5 Å². The van der Waals surface area contributed by atoms with Crippen LogP contribution in [-0.4, -0.2) is 33.9 Å². The minimum Gasteiger partial charge on any atom is -0.381 e. The van der Waals surface area contributed by atoms with Crippen LogP contribution in [0.4, 0.5) is 0 Å². The maximum absolute atomic E-state index is 12.8. The maximum atomic E-state index is 12.8. The second-order valence-corrected chi connectivity index (χ2v) is 6.82. The standard InChI is InChI=1S/C19H24N4O2/c1-2-17-21-18-16(7-4-9-23(18)22-17)20-19(24)14-6-3-5-13(11-14)15-8-10-25-12-15/h3,5-6,11,15-16H,2,4,7-10,12H2,1H3,(H,20,24). The Labute approximate surface area is 147 Å². The molecule has 0 bridgehead atoms. The van der Waals surface area contributed by atoms with Crippen LogP contribution < -0.4 is 5.32 Å². The summed E-state index contributed by atoms with van der Waals surface area (Å²) in [5.74, 6) is 2.09. The van der Waals surface area contributed by atoms with E-state index in [1.54, 1.807) is 0 Å². The first kappa shape index (κ1) is 16.3. The largest absolute Gasteiger partial charge is 0.381 e. The molecule has 0 saturated carbocycles. The third-order valence-corrected chi connectivity index (χ3v) is 5.09. The first-order valence-corrected chi connectivity index (χ1v) is 9.16. The molecule has 4 rings (SSSR count). The zero-order chi connectivity index (χ0) is 17.2. The van der Waals surface area contributed by atoms with Crippen LogP contribution in [0.25, 0.3) is 0 Å². The van der Waals surface area contributed by atoms with Crippen molar-refractivity contribution in [2.75, 3.05) is 13.2 Å². The van der Waals surface area contributed by atoms with Crippen molar-refractivity contribution in [3.63, 3.8) is 0 Å². The van der Waals surface area contributed by atoms with Crippen LogP contribution in [0.1, 0.15) is 65.7 Å². The van der Waals surface area contributed by atoms with E-state index in [2.05, 4.69) is 21.5 Å². The van der Waals surface area contributed by atoms with E-state index in [-0.39, 0.29) is 11.9 Å². The molecule has 1 saturated heterocycles. The van der Waals surface area contributed by atoms with Gasteiger partial charge in [-0.05, 0) is 37.0 Å². The average Bonchev–Trinajstić information content (AvgIpc) is 3.31. The molecule has 2 unspecified atom stereocenters. The fraction of sp³-hybridized carbons (Fsp3) is 0.526. The lowest BCUT2D eigenvalue weighted by atomic mass is 9.96. The molecule has 1 aromatic carbocycles. The number of fused-ring (bicyclic) bond motifs is 1. The third-order valence-electron chi connectivity index (χ3n) is 5.09. The van der Waals surface area contributed by atoms with E-state index in [9.17, 15) is 4.79 Å². The number of carbonyl (C=O) groups excluding carboxylic acids is 1. The Bertz CT molecular complexity index is 765. The molecule has 2 aliphatic heterocycles. The Balaban J connectivity index is 1.51. The van der Waals surface area contributed by atoms with Gasteiger partial charge in [0.05, 0.1) is 12.6 Å². The first-order valence-electron chi connectivity index (χ1n) is 9.16. The fourth-order valence-electron chi connectivity index (χ4n) is 3.66. The van der Waals surface area contributed by atoms with Gasteiger partial charge in [-0.15, -0.1) is 0 Å². The zero-order valence-electron chi connectivity index (χ0n) is 14.6. The highest BCUT2D eigenvalue weighted by Gasteiger charge is 2.26. The zero-order valence-corrected chi connectivity index (χ0v) is 14.6. The molecule has 1 amide bonds. The van der Waals surface area contributed by atoms with Crippen LogP contribution in [0.15, 0.2) is 24.3 Å². The SMILES string of the molecule is CCc1nc2n(n1)CCCC2NC(=O)c1cccc(C2CCOC2)c1. The van der Waals surface area contributed by atoms with Gasteiger partial charge in [-0.3, -0.25) is 4.79 Å². The van der Waals surface area contributed by atoms with Crippen LogP contribution in [0, 0.1) is 0 Å². The van der Waals surface area contributed by atoms with E-state index < -0.39 is 0 Å². The third kappa shape index (κ3) is 3.31. The lowest BCUT2D eigenvalue weighted by Crippen LogP contribution is -2.33. The highest BCUT2D eigenvalue weighted by molar-refractivity contribution is 5.94. The van der Waals surface area contributed by atoms with Gasteiger partial charge in [0.1, 0.15) is 5.82 Å². The Morgan fingerprint density at radius 1 is 1.40 bits per heavy atom. The van der Waals surface area contributed by atoms with Crippen LogP contribution in [0.2, 0.25) is 0 Å². The molecular weight excluding hydrogens is 316 g/mol. The molecule has 132 valence electrons. The van der Waals surface area contributed by atoms with E-state index in [1.165, 1.54) is 5.56 Å². The average molecular weight is 340 g/mol. The number of ether oxygens (including phenoxy) is 1. The highest BCUT2D eigenvalue weighted by atomic mass is 16.5. The molecule has 0 spiro atoms. The minimum absolute atomic E-state index is 0.0414. The lowest BCUT2D eigenvalue weighted by Gasteiger charge is -2.23. The predicted octanol–water partition coefficient (Wildman–Crippen LogP) is 2.61. The normalized spacial score (nSPS) is 22.6. The second kappa shape index (κ2) is 6.96. The van der Waals surface area contributed by atoms with Crippen molar-refractivity contribution in [2.24, 2.45) is 0 Å². The number of rotatable bonds is 4. The first-order chi connectivity index (χ1) is 12.2. The number of aryl methyl sites for hydroxylation is 2. The van der Waals surface area contributed by atoms with Crippen molar-refractivity contribution in [3.05, 3.63) is 47.0 Å². The second-order valence-electron chi connectivity index (χ2n) is 6.82. The van der Waals surface area contributed by atoms with E-state index >= 15 is 0 Å². The Morgan fingerprint density at radius 3 is 3.12 bits per heavy atom. The van der Waals surface area contributed by atoms with Crippen molar-refractivity contribution in [1.82, 2.24) is 20.1 Å². The van der Waals surface area contributed by atoms with E-state index in [0.717, 1.165) is 57.1 Å². The van der Waals surface area contributed by atoms with Crippen LogP contribution >= 0.6 is 0 Å². The summed E-state index contributed by atoms with van der Waals surface area (Å²) in [5.41, 5.74) is 1.89. The lowest BCUT2D eigenvalue weighted by molar-refractivity contribution is 0.0927. The number of nitrogens with zero attached hydrogens (tertiary/aromatic N) is 3. The number of amides is 1. The Kier molecular flexibility index (Phi) is 4.53. The van der Waals surface area contributed by atoms with Gasteiger partial charge in [-0.25, -0.2) is 9.67 Å². The van der Waals surface area contributed by atoms with E-state index in [4.69, 9.17) is 4.74 Å². The molecule has 1 fully saturated rings. The number of aromatic nitrogens is 3. The van der Waals surface area contributed by atoms with Gasteiger partial charge in [0.2, 0.25) is 0 Å². The molecule has 1 aromatic heterocycles. The number of hydrogen-bond donors (Lipinski definition) is 1. The smallest absolute Gasteiger partial charge is 0.251 e. The monoisotopic (exact) mass is 340 g/mol. The van der Waals surface area contributed by atoms with Crippen molar-refractivity contribution in [2.45, 2.75) is 51.1 Å². The van der Waals surface area contributed by atoms with Gasteiger partial charge >= 0.3 is 0 Å². The molecule has 2 aromatic rings. The summed E-state index contributed by atoms with van der Waals surface area (Å²) in [7, 11) is 0. The van der Waals surface area contributed by atoms with Gasteiger partial charge in [-0.1, -0.05) is 19.1 Å². The summed E-state index contributed by atoms with van der Waals surface area (Å²) in [5, 5.41) is 7.66. The number of nitrogens with one attached hydrogen (secondary N) is 1. The van der Waals surface area contributed by atoms with Crippen molar-refractivity contribution in [1.29, 1.82) is 0 Å². The summed E-state index contributed by atoms with van der Waals surface area (Å²) >= 11 is 0. The van der Waals surface area contributed by atoms with Gasteiger partial charge in [0.25, 0.3) is 5.91 Å². The summed E-state index contributed by atoms with van der Waals surface area (Å²) in [6.45, 7) is 4.48. The number of benzene rings is 1. The number of hydrogen-bond acceptors (Lipinski definition) is 4. The molecular formula is C19H24N4O2. The predicted molar refractivity (Wildman–Crippen MR) is 93.5 cm³/mol. The Morgan fingerprint density at radius 2 is 2.32 bits per heavy atom. The van der Waals surface area contributed by atoms with Gasteiger partial charge in [0.15, 0.2) is 5.82 Å². The molecule has 0 aliphatic carbocycles. The quantitative estimate of drug-likeness (QED) is 0.929. The summed E-state index contributed by atoms with van der Waals surface area (Å²) in [4.78, 5) is 17.4. The van der Waals surface area contributed by atoms with Crippen LogP contribution in [0.3, 0.4) is 0 Å². The van der Waals surface area contributed by atoms with Crippen molar-refractivity contribution < 1.29 is 9.53 Å². The summed E-state index contributed by atoms with van der Waals surface area (Å²) in [6.07, 6.45) is 3.75. The van der Waals surface area contributed by atoms with Gasteiger partial charge in [-0.2, -0.15) is 5.10 Å². The van der Waals surface area contributed by atoms with Crippen LogP contribution in [-0.2, 0) is 17.7 Å². The molecule has 2 atom stereocenters. The molecule has 25 heavy (non-hydrogen) atoms. The van der Waals surface area contributed by atoms with Crippen molar-refractivity contribution in [3.8, 4) is 0 Å². The minimum atomic E-state index is -0.0625. The molecule has 3 heterocycles. The van der Waals surface area contributed by atoms with Gasteiger partial charge < -0.3 is 10.1 Å². The van der Waals surface area contributed by atoms with E-state index in [1.807, 2.05) is 29.8 Å².